The molecule has 0 saturated carbocycles. The zero-order chi connectivity index (χ0) is 14.8. The summed E-state index contributed by atoms with van der Waals surface area (Å²) in [5.41, 5.74) is 0. The van der Waals surface area contributed by atoms with E-state index in [1.165, 1.54) is 12.2 Å². The first-order valence-electron chi connectivity index (χ1n) is 7.01. The van der Waals surface area contributed by atoms with Crippen molar-refractivity contribution in [2.75, 3.05) is 51.0 Å². The lowest BCUT2D eigenvalue weighted by atomic mass is 10.3. The van der Waals surface area contributed by atoms with Gasteiger partial charge in [0.1, 0.15) is 0 Å². The van der Waals surface area contributed by atoms with Crippen molar-refractivity contribution in [1.29, 1.82) is 0 Å². The standard InChI is InChI=1S/C12H26N4O2S2.HI/c1-13-12(14-6-3-4-10-19-2)15-7-9-16-8-5-11-20(16,17)18;/h3-11H2,1-2H3,(H2,13,14,15);1H. The quantitative estimate of drug-likeness (QED) is 0.249. The minimum Gasteiger partial charge on any atom is -0.356 e. The van der Waals surface area contributed by atoms with E-state index < -0.39 is 10.0 Å². The Morgan fingerprint density at radius 2 is 2.00 bits per heavy atom. The van der Waals surface area contributed by atoms with E-state index in [-0.39, 0.29) is 29.7 Å². The lowest BCUT2D eigenvalue weighted by Crippen LogP contribution is -2.42. The molecule has 0 aromatic heterocycles. The largest absolute Gasteiger partial charge is 0.356 e. The third-order valence-electron chi connectivity index (χ3n) is 3.15. The number of guanidine groups is 1. The van der Waals surface area contributed by atoms with Crippen LogP contribution in [0.5, 0.6) is 0 Å². The first-order valence-corrected chi connectivity index (χ1v) is 10.0. The molecule has 0 bridgehead atoms. The van der Waals surface area contributed by atoms with Crippen molar-refractivity contribution in [3.8, 4) is 0 Å². The van der Waals surface area contributed by atoms with Crippen LogP contribution in [0, 0.1) is 0 Å². The molecule has 0 amide bonds. The van der Waals surface area contributed by atoms with Crippen LogP contribution in [0.1, 0.15) is 19.3 Å². The summed E-state index contributed by atoms with van der Waals surface area (Å²) >= 11 is 1.86. The lowest BCUT2D eigenvalue weighted by molar-refractivity contribution is 0.445. The molecule has 2 N–H and O–H groups in total. The van der Waals surface area contributed by atoms with Gasteiger partial charge in [-0.1, -0.05) is 0 Å². The van der Waals surface area contributed by atoms with E-state index in [1.807, 2.05) is 11.8 Å². The van der Waals surface area contributed by atoms with E-state index in [1.54, 1.807) is 11.4 Å². The maximum Gasteiger partial charge on any atom is 0.214 e. The number of nitrogens with zero attached hydrogens (tertiary/aromatic N) is 2. The van der Waals surface area contributed by atoms with Gasteiger partial charge in [-0.05, 0) is 31.3 Å². The van der Waals surface area contributed by atoms with Crippen molar-refractivity contribution < 1.29 is 8.42 Å². The van der Waals surface area contributed by atoms with Crippen LogP contribution in [0.2, 0.25) is 0 Å². The number of aliphatic imine (C=N–C) groups is 1. The SMILES string of the molecule is CN=C(NCCCCSC)NCCN1CCCS1(=O)=O.I. The molecule has 0 aliphatic carbocycles. The molecule has 0 spiro atoms. The molecular formula is C12H27IN4O2S2. The van der Waals surface area contributed by atoms with E-state index in [0.29, 0.717) is 19.6 Å². The van der Waals surface area contributed by atoms with Crippen LogP contribution in [0.15, 0.2) is 4.99 Å². The van der Waals surface area contributed by atoms with Gasteiger partial charge in [0.25, 0.3) is 0 Å². The van der Waals surface area contributed by atoms with Crippen LogP contribution >= 0.6 is 35.7 Å². The highest BCUT2D eigenvalue weighted by Gasteiger charge is 2.27. The van der Waals surface area contributed by atoms with Crippen molar-refractivity contribution >= 4 is 51.7 Å². The Morgan fingerprint density at radius 3 is 2.57 bits per heavy atom. The average Bonchev–Trinajstić information content (AvgIpc) is 2.75. The molecule has 0 radical (unpaired) electrons. The van der Waals surface area contributed by atoms with Crippen LogP contribution in [-0.4, -0.2) is 69.7 Å². The maximum absolute atomic E-state index is 11.6. The topological polar surface area (TPSA) is 73.8 Å². The lowest BCUT2D eigenvalue weighted by Gasteiger charge is -2.16. The van der Waals surface area contributed by atoms with Gasteiger partial charge in [0.05, 0.1) is 5.75 Å². The molecular weight excluding hydrogens is 423 g/mol. The minimum atomic E-state index is -2.99. The number of thioether (sulfide) groups is 1. The summed E-state index contributed by atoms with van der Waals surface area (Å²) in [4.78, 5) is 4.13. The zero-order valence-electron chi connectivity index (χ0n) is 12.8. The molecule has 1 saturated heterocycles. The third kappa shape index (κ3) is 8.46. The highest BCUT2D eigenvalue weighted by molar-refractivity contribution is 14.0. The van der Waals surface area contributed by atoms with Gasteiger partial charge >= 0.3 is 0 Å². The molecule has 0 aromatic rings. The normalized spacial score (nSPS) is 18.3. The summed E-state index contributed by atoms with van der Waals surface area (Å²) in [6.45, 7) is 2.63. The van der Waals surface area contributed by atoms with Gasteiger partial charge < -0.3 is 10.6 Å². The van der Waals surface area contributed by atoms with E-state index in [9.17, 15) is 8.42 Å². The summed E-state index contributed by atoms with van der Waals surface area (Å²) in [6.07, 6.45) is 5.16. The van der Waals surface area contributed by atoms with Gasteiger partial charge in [-0.2, -0.15) is 11.8 Å². The van der Waals surface area contributed by atoms with Crippen molar-refractivity contribution in [2.45, 2.75) is 19.3 Å². The number of rotatable bonds is 8. The first kappa shape index (κ1) is 21.3. The van der Waals surface area contributed by atoms with Gasteiger partial charge in [-0.25, -0.2) is 12.7 Å². The molecule has 1 fully saturated rings. The molecule has 1 rings (SSSR count). The van der Waals surface area contributed by atoms with Crippen LogP contribution in [0.25, 0.3) is 0 Å². The fourth-order valence-electron chi connectivity index (χ4n) is 2.04. The molecule has 1 heterocycles. The number of halogens is 1. The number of nitrogens with one attached hydrogen (secondary N) is 2. The fraction of sp³-hybridized carbons (Fsp3) is 0.917. The summed E-state index contributed by atoms with van der Waals surface area (Å²) in [7, 11) is -1.26. The molecule has 0 unspecified atom stereocenters. The van der Waals surface area contributed by atoms with E-state index in [0.717, 1.165) is 25.3 Å². The molecule has 1 aliphatic heterocycles. The number of hydrogen-bond acceptors (Lipinski definition) is 4. The first-order chi connectivity index (χ1) is 9.60. The number of unbranched alkanes of at least 4 members (excludes halogenated alkanes) is 1. The molecule has 21 heavy (non-hydrogen) atoms. The van der Waals surface area contributed by atoms with E-state index >= 15 is 0 Å². The van der Waals surface area contributed by atoms with Gasteiger partial charge in [0.15, 0.2) is 5.96 Å². The Labute approximate surface area is 150 Å². The second-order valence-corrected chi connectivity index (χ2v) is 7.77. The Morgan fingerprint density at radius 1 is 1.29 bits per heavy atom. The summed E-state index contributed by atoms with van der Waals surface area (Å²) in [5, 5.41) is 6.39. The highest BCUT2D eigenvalue weighted by atomic mass is 127. The monoisotopic (exact) mass is 450 g/mol. The number of hydrogen-bond donors (Lipinski definition) is 2. The van der Waals surface area contributed by atoms with Gasteiger partial charge in [-0.3, -0.25) is 4.99 Å². The highest BCUT2D eigenvalue weighted by Crippen LogP contribution is 2.11. The molecule has 6 nitrogen and oxygen atoms in total. The van der Waals surface area contributed by atoms with Crippen LogP contribution in [-0.2, 0) is 10.0 Å². The maximum atomic E-state index is 11.6. The predicted octanol–water partition coefficient (Wildman–Crippen LogP) is 0.948. The van der Waals surface area contributed by atoms with Crippen molar-refractivity contribution in [3.63, 3.8) is 0 Å². The smallest absolute Gasteiger partial charge is 0.214 e. The zero-order valence-corrected chi connectivity index (χ0v) is 16.8. The molecule has 0 atom stereocenters. The fourth-order valence-corrected chi connectivity index (χ4v) is 4.06. The number of sulfonamides is 1. The third-order valence-corrected chi connectivity index (χ3v) is 5.80. The summed E-state index contributed by atoms with van der Waals surface area (Å²) < 4.78 is 24.8. The average molecular weight is 450 g/mol. The Hall–Kier alpha value is 0.260. The van der Waals surface area contributed by atoms with Gasteiger partial charge in [0, 0.05) is 33.2 Å². The summed E-state index contributed by atoms with van der Waals surface area (Å²) in [5.74, 6) is 2.21. The van der Waals surface area contributed by atoms with Gasteiger partial charge in [-0.15, -0.1) is 24.0 Å². The van der Waals surface area contributed by atoms with Crippen molar-refractivity contribution in [2.24, 2.45) is 4.99 Å². The predicted molar refractivity (Wildman–Crippen MR) is 102 cm³/mol. The second kappa shape index (κ2) is 11.8. The van der Waals surface area contributed by atoms with Crippen LogP contribution < -0.4 is 10.6 Å². The molecule has 0 aromatic carbocycles. The van der Waals surface area contributed by atoms with E-state index in [2.05, 4.69) is 21.9 Å². The summed E-state index contributed by atoms with van der Waals surface area (Å²) in [6, 6.07) is 0. The molecule has 1 aliphatic rings. The second-order valence-electron chi connectivity index (χ2n) is 4.69. The van der Waals surface area contributed by atoms with Crippen molar-refractivity contribution in [3.05, 3.63) is 0 Å². The minimum absolute atomic E-state index is 0. The Balaban J connectivity index is 0.00000400. The molecule has 126 valence electrons. The Kier molecular flexibility index (Phi) is 11.9. The van der Waals surface area contributed by atoms with Gasteiger partial charge in [0.2, 0.25) is 10.0 Å². The van der Waals surface area contributed by atoms with Crippen LogP contribution in [0.4, 0.5) is 0 Å². The Bertz CT molecular complexity index is 404. The van der Waals surface area contributed by atoms with E-state index in [4.69, 9.17) is 0 Å². The molecule has 9 heteroatoms. The van der Waals surface area contributed by atoms with Crippen molar-refractivity contribution in [1.82, 2.24) is 14.9 Å². The van der Waals surface area contributed by atoms with Crippen LogP contribution in [0.3, 0.4) is 0 Å².